The van der Waals surface area contributed by atoms with Crippen LogP contribution in [0, 0.1) is 6.92 Å². The summed E-state index contributed by atoms with van der Waals surface area (Å²) >= 11 is 6.08. The van der Waals surface area contributed by atoms with E-state index < -0.39 is 0 Å². The number of nitrogens with two attached hydrogens (primary N) is 1. The highest BCUT2D eigenvalue weighted by molar-refractivity contribution is 6.31. The number of rotatable bonds is 4. The molecule has 0 aliphatic rings. The molecule has 0 aliphatic carbocycles. The van der Waals surface area contributed by atoms with Gasteiger partial charge in [-0.1, -0.05) is 23.7 Å². The Bertz CT molecular complexity index is 687. The number of nitrogens with zero attached hydrogens (tertiary/aromatic N) is 2. The fraction of sp³-hybridized carbons (Fsp3) is 0.200. The normalized spacial score (nSPS) is 11.5. The Morgan fingerprint density at radius 3 is 2.81 bits per heavy atom. The van der Waals surface area contributed by atoms with Gasteiger partial charge in [-0.3, -0.25) is 0 Å². The smallest absolute Gasteiger partial charge is 0.220 e. The first-order valence-electron chi connectivity index (χ1n) is 6.46. The molecule has 0 amide bonds. The van der Waals surface area contributed by atoms with Crippen LogP contribution in [0.3, 0.4) is 0 Å². The van der Waals surface area contributed by atoms with Crippen LogP contribution in [0.4, 0.5) is 0 Å². The van der Waals surface area contributed by atoms with Gasteiger partial charge in [0, 0.05) is 22.3 Å². The van der Waals surface area contributed by atoms with Gasteiger partial charge in [-0.05, 0) is 43.2 Å². The zero-order valence-electron chi connectivity index (χ0n) is 11.8. The third-order valence-corrected chi connectivity index (χ3v) is 3.32. The van der Waals surface area contributed by atoms with Gasteiger partial charge in [0.1, 0.15) is 5.75 Å². The molecule has 5 nitrogen and oxygen atoms in total. The minimum atomic E-state index is 0.00991. The van der Waals surface area contributed by atoms with Crippen molar-refractivity contribution in [3.05, 3.63) is 52.2 Å². The lowest BCUT2D eigenvalue weighted by Gasteiger charge is -2.09. The molecule has 0 spiro atoms. The van der Waals surface area contributed by atoms with E-state index in [0.29, 0.717) is 27.9 Å². The fourth-order valence-electron chi connectivity index (χ4n) is 1.90. The van der Waals surface area contributed by atoms with Crippen molar-refractivity contribution < 1.29 is 9.94 Å². The van der Waals surface area contributed by atoms with Crippen molar-refractivity contribution in [3.8, 4) is 11.6 Å². The summed E-state index contributed by atoms with van der Waals surface area (Å²) < 4.78 is 5.73. The van der Waals surface area contributed by atoms with E-state index in [1.165, 1.54) is 0 Å². The summed E-state index contributed by atoms with van der Waals surface area (Å²) in [4.78, 5) is 4.28. The van der Waals surface area contributed by atoms with Crippen LogP contribution in [0.25, 0.3) is 0 Å². The molecular formula is C15H16ClN3O2. The van der Waals surface area contributed by atoms with Crippen molar-refractivity contribution in [1.29, 1.82) is 0 Å². The van der Waals surface area contributed by atoms with Crippen LogP contribution in [0.15, 0.2) is 35.5 Å². The molecular weight excluding hydrogens is 290 g/mol. The van der Waals surface area contributed by atoms with Crippen molar-refractivity contribution in [2.24, 2.45) is 10.9 Å². The van der Waals surface area contributed by atoms with Crippen LogP contribution in [0.5, 0.6) is 11.6 Å². The molecule has 0 bridgehead atoms. The van der Waals surface area contributed by atoms with Crippen molar-refractivity contribution >= 4 is 17.4 Å². The van der Waals surface area contributed by atoms with E-state index in [9.17, 15) is 0 Å². The lowest BCUT2D eigenvalue weighted by atomic mass is 10.1. The molecule has 1 aromatic heterocycles. The number of hydrogen-bond acceptors (Lipinski definition) is 4. The van der Waals surface area contributed by atoms with Crippen LogP contribution in [-0.4, -0.2) is 16.0 Å². The molecule has 21 heavy (non-hydrogen) atoms. The largest absolute Gasteiger partial charge is 0.439 e. The molecule has 0 saturated heterocycles. The van der Waals surface area contributed by atoms with Gasteiger partial charge in [0.15, 0.2) is 5.84 Å². The topological polar surface area (TPSA) is 80.7 Å². The Labute approximate surface area is 128 Å². The molecule has 110 valence electrons. The number of ether oxygens (including phenoxy) is 1. The lowest BCUT2D eigenvalue weighted by Crippen LogP contribution is -2.13. The first kappa shape index (κ1) is 15.1. The van der Waals surface area contributed by atoms with Crippen LogP contribution in [0.2, 0.25) is 5.02 Å². The summed E-state index contributed by atoms with van der Waals surface area (Å²) in [5.74, 6) is 1.02. The molecule has 2 aromatic rings. The van der Waals surface area contributed by atoms with Gasteiger partial charge < -0.3 is 15.7 Å². The number of halogens is 1. The maximum absolute atomic E-state index is 8.75. The van der Waals surface area contributed by atoms with Gasteiger partial charge >= 0.3 is 0 Å². The van der Waals surface area contributed by atoms with E-state index in [1.54, 1.807) is 31.2 Å². The molecule has 1 heterocycles. The van der Waals surface area contributed by atoms with E-state index in [0.717, 1.165) is 12.0 Å². The monoisotopic (exact) mass is 305 g/mol. The third kappa shape index (κ3) is 3.64. The molecule has 1 aromatic carbocycles. The molecule has 0 aliphatic heterocycles. The number of amidine groups is 1. The van der Waals surface area contributed by atoms with Gasteiger partial charge in [0.2, 0.25) is 5.88 Å². The summed E-state index contributed by atoms with van der Waals surface area (Å²) in [5, 5.41) is 12.4. The standard InChI is InChI=1S/C15H16ClN3O2/c1-3-10-7-12(4-5-13(10)16)21-14-8-11(15(17)19-20)6-9(2)18-14/h4-8,20H,3H2,1-2H3,(H2,17,19). The maximum atomic E-state index is 8.75. The highest BCUT2D eigenvalue weighted by Crippen LogP contribution is 2.26. The van der Waals surface area contributed by atoms with E-state index in [2.05, 4.69) is 10.1 Å². The Morgan fingerprint density at radius 2 is 2.14 bits per heavy atom. The molecule has 0 saturated carbocycles. The second-order valence-electron chi connectivity index (χ2n) is 4.53. The summed E-state index contributed by atoms with van der Waals surface area (Å²) in [6, 6.07) is 8.75. The summed E-state index contributed by atoms with van der Waals surface area (Å²) in [5.41, 5.74) is 7.84. The number of aromatic nitrogens is 1. The predicted octanol–water partition coefficient (Wildman–Crippen LogP) is 3.49. The average molecular weight is 306 g/mol. The quantitative estimate of drug-likeness (QED) is 0.392. The second-order valence-corrected chi connectivity index (χ2v) is 4.94. The van der Waals surface area contributed by atoms with Crippen molar-refractivity contribution in [3.63, 3.8) is 0 Å². The van der Waals surface area contributed by atoms with Crippen molar-refractivity contribution in [2.45, 2.75) is 20.3 Å². The van der Waals surface area contributed by atoms with Gasteiger partial charge in [-0.25, -0.2) is 4.98 Å². The first-order chi connectivity index (χ1) is 10.0. The van der Waals surface area contributed by atoms with Gasteiger partial charge in [0.25, 0.3) is 0 Å². The van der Waals surface area contributed by atoms with E-state index >= 15 is 0 Å². The summed E-state index contributed by atoms with van der Waals surface area (Å²) in [6.07, 6.45) is 0.812. The summed E-state index contributed by atoms with van der Waals surface area (Å²) in [7, 11) is 0. The number of pyridine rings is 1. The zero-order valence-corrected chi connectivity index (χ0v) is 12.6. The van der Waals surface area contributed by atoms with Crippen molar-refractivity contribution in [2.75, 3.05) is 0 Å². The highest BCUT2D eigenvalue weighted by atomic mass is 35.5. The SMILES string of the molecule is CCc1cc(Oc2cc(/C(N)=N/O)cc(C)n2)ccc1Cl. The molecule has 0 unspecified atom stereocenters. The van der Waals surface area contributed by atoms with Gasteiger partial charge in [0.05, 0.1) is 0 Å². The van der Waals surface area contributed by atoms with E-state index in [1.807, 2.05) is 13.0 Å². The molecule has 0 atom stereocenters. The van der Waals surface area contributed by atoms with E-state index in [-0.39, 0.29) is 5.84 Å². The lowest BCUT2D eigenvalue weighted by molar-refractivity contribution is 0.318. The number of benzene rings is 1. The minimum Gasteiger partial charge on any atom is -0.439 e. The Balaban J connectivity index is 2.33. The predicted molar refractivity (Wildman–Crippen MR) is 82.4 cm³/mol. The highest BCUT2D eigenvalue weighted by Gasteiger charge is 2.07. The minimum absolute atomic E-state index is 0.00991. The first-order valence-corrected chi connectivity index (χ1v) is 6.84. The van der Waals surface area contributed by atoms with Gasteiger partial charge in [-0.15, -0.1) is 0 Å². The molecule has 2 rings (SSSR count). The Kier molecular flexibility index (Phi) is 4.65. The Hall–Kier alpha value is -2.27. The maximum Gasteiger partial charge on any atom is 0.220 e. The summed E-state index contributed by atoms with van der Waals surface area (Å²) in [6.45, 7) is 3.83. The zero-order chi connectivity index (χ0) is 15.4. The number of oxime groups is 1. The molecule has 0 fully saturated rings. The molecule has 6 heteroatoms. The van der Waals surface area contributed by atoms with Gasteiger partial charge in [-0.2, -0.15) is 0 Å². The van der Waals surface area contributed by atoms with Crippen molar-refractivity contribution in [1.82, 2.24) is 4.98 Å². The third-order valence-electron chi connectivity index (χ3n) is 2.95. The number of aryl methyl sites for hydroxylation is 2. The Morgan fingerprint density at radius 1 is 1.38 bits per heavy atom. The average Bonchev–Trinajstić information content (AvgIpc) is 2.47. The molecule has 3 N–H and O–H groups in total. The van der Waals surface area contributed by atoms with E-state index in [4.69, 9.17) is 27.3 Å². The van der Waals surface area contributed by atoms with Crippen LogP contribution in [-0.2, 0) is 6.42 Å². The number of hydrogen-bond donors (Lipinski definition) is 2. The fourth-order valence-corrected chi connectivity index (χ4v) is 2.15. The van der Waals surface area contributed by atoms with Crippen LogP contribution in [0.1, 0.15) is 23.7 Å². The molecule has 0 radical (unpaired) electrons. The van der Waals surface area contributed by atoms with Crippen LogP contribution >= 0.6 is 11.6 Å². The second kappa shape index (κ2) is 6.45. The van der Waals surface area contributed by atoms with Crippen LogP contribution < -0.4 is 10.5 Å².